The summed E-state index contributed by atoms with van der Waals surface area (Å²) in [5.74, 6) is 0.565. The number of carbonyl (C=O) groups excluding carboxylic acids is 2. The molecule has 0 spiro atoms. The third-order valence-corrected chi connectivity index (χ3v) is 6.03. The van der Waals surface area contributed by atoms with Gasteiger partial charge in [-0.25, -0.2) is 9.69 Å². The zero-order valence-electron chi connectivity index (χ0n) is 19.9. The van der Waals surface area contributed by atoms with Crippen LogP contribution >= 0.6 is 0 Å². The Kier molecular flexibility index (Phi) is 6.02. The Bertz CT molecular complexity index is 1520. The molecule has 0 N–H and O–H groups in total. The molecule has 0 atom stereocenters. The van der Waals surface area contributed by atoms with Crippen molar-refractivity contribution in [2.75, 3.05) is 16.3 Å². The molecule has 1 fully saturated rings. The lowest BCUT2D eigenvalue weighted by molar-refractivity contribution is -0.137. The molecule has 1 saturated heterocycles. The van der Waals surface area contributed by atoms with E-state index in [4.69, 9.17) is 4.74 Å². The van der Waals surface area contributed by atoms with Crippen LogP contribution < -0.4 is 14.5 Å². The SMILES string of the molecule is CC(C)c1cc(N2C(=O)CN(c3cncc(C(F)(F)F)c3)C2=O)ccc1Oc1ccnc2ccccc12. The summed E-state index contributed by atoms with van der Waals surface area (Å²) in [5, 5.41) is 0.832. The zero-order valence-corrected chi connectivity index (χ0v) is 19.9. The molecule has 7 nitrogen and oxygen atoms in total. The molecule has 0 bridgehead atoms. The van der Waals surface area contributed by atoms with Gasteiger partial charge in [-0.2, -0.15) is 13.2 Å². The van der Waals surface area contributed by atoms with Crippen molar-refractivity contribution in [1.29, 1.82) is 0 Å². The molecule has 3 amide bonds. The first-order valence-corrected chi connectivity index (χ1v) is 11.5. The van der Waals surface area contributed by atoms with Gasteiger partial charge in [0.25, 0.3) is 5.91 Å². The lowest BCUT2D eigenvalue weighted by atomic mass is 10.0. The highest BCUT2D eigenvalue weighted by molar-refractivity contribution is 6.27. The van der Waals surface area contributed by atoms with Gasteiger partial charge >= 0.3 is 12.2 Å². The van der Waals surface area contributed by atoms with Gasteiger partial charge in [-0.15, -0.1) is 0 Å². The number of alkyl halides is 3. The fraction of sp³-hybridized carbons (Fsp3) is 0.185. The Labute approximate surface area is 210 Å². The lowest BCUT2D eigenvalue weighted by Gasteiger charge is -2.20. The van der Waals surface area contributed by atoms with E-state index in [1.165, 1.54) is 0 Å². The van der Waals surface area contributed by atoms with E-state index in [1.807, 2.05) is 38.1 Å². The first-order valence-electron chi connectivity index (χ1n) is 11.5. The predicted molar refractivity (Wildman–Crippen MR) is 132 cm³/mol. The maximum atomic E-state index is 13.2. The fourth-order valence-electron chi connectivity index (χ4n) is 4.18. The maximum Gasteiger partial charge on any atom is 0.417 e. The monoisotopic (exact) mass is 506 g/mol. The molecule has 1 aliphatic rings. The van der Waals surface area contributed by atoms with E-state index in [0.29, 0.717) is 23.4 Å². The van der Waals surface area contributed by atoms with Crippen LogP contribution in [-0.4, -0.2) is 28.5 Å². The summed E-state index contributed by atoms with van der Waals surface area (Å²) >= 11 is 0. The molecule has 1 aliphatic heterocycles. The third-order valence-electron chi connectivity index (χ3n) is 6.03. The highest BCUT2D eigenvalue weighted by Crippen LogP contribution is 2.38. The molecule has 0 aliphatic carbocycles. The molecule has 37 heavy (non-hydrogen) atoms. The zero-order chi connectivity index (χ0) is 26.3. The minimum absolute atomic E-state index is 0.0281. The predicted octanol–water partition coefficient (Wildman–Crippen LogP) is 6.54. The van der Waals surface area contributed by atoms with Crippen LogP contribution in [0.2, 0.25) is 0 Å². The number of carbonyl (C=O) groups is 2. The Morgan fingerprint density at radius 1 is 0.946 bits per heavy atom. The van der Waals surface area contributed by atoms with Gasteiger partial charge < -0.3 is 4.74 Å². The lowest BCUT2D eigenvalue weighted by Crippen LogP contribution is -2.33. The van der Waals surface area contributed by atoms with E-state index in [2.05, 4.69) is 9.97 Å². The van der Waals surface area contributed by atoms with E-state index in [-0.39, 0.29) is 11.6 Å². The van der Waals surface area contributed by atoms with Crippen LogP contribution in [0, 0.1) is 0 Å². The number of hydrogen-bond acceptors (Lipinski definition) is 5. The molecule has 2 aromatic heterocycles. The topological polar surface area (TPSA) is 75.6 Å². The number of hydrogen-bond donors (Lipinski definition) is 0. The van der Waals surface area contributed by atoms with Crippen LogP contribution in [0.1, 0.15) is 30.9 Å². The average molecular weight is 506 g/mol. The summed E-state index contributed by atoms with van der Waals surface area (Å²) in [6.45, 7) is 3.50. The molecule has 2 aromatic carbocycles. The summed E-state index contributed by atoms with van der Waals surface area (Å²) in [5.41, 5.74) is 0.714. The molecule has 4 aromatic rings. The summed E-state index contributed by atoms with van der Waals surface area (Å²) in [4.78, 5) is 35.9. The summed E-state index contributed by atoms with van der Waals surface area (Å²) in [6.07, 6.45) is -1.18. The van der Waals surface area contributed by atoms with Crippen LogP contribution in [0.3, 0.4) is 0 Å². The number of nitrogens with zero attached hydrogens (tertiary/aromatic N) is 4. The highest BCUT2D eigenvalue weighted by atomic mass is 19.4. The molecule has 5 rings (SSSR count). The van der Waals surface area contributed by atoms with E-state index < -0.39 is 30.2 Å². The second-order valence-corrected chi connectivity index (χ2v) is 8.83. The summed E-state index contributed by atoms with van der Waals surface area (Å²) in [6, 6.07) is 14.3. The molecule has 0 radical (unpaired) electrons. The van der Waals surface area contributed by atoms with E-state index in [9.17, 15) is 22.8 Å². The van der Waals surface area contributed by atoms with Gasteiger partial charge in [0.1, 0.15) is 18.0 Å². The number of anilines is 2. The number of imide groups is 1. The number of para-hydroxylation sites is 1. The first-order chi connectivity index (χ1) is 17.6. The molecule has 10 heteroatoms. The molecule has 0 saturated carbocycles. The van der Waals surface area contributed by atoms with Gasteiger partial charge in [0.2, 0.25) is 0 Å². The van der Waals surface area contributed by atoms with Gasteiger partial charge in [0, 0.05) is 17.8 Å². The number of halogens is 3. The van der Waals surface area contributed by atoms with Crippen LogP contribution in [0.4, 0.5) is 29.3 Å². The molecular weight excluding hydrogens is 485 g/mol. The Hall–Kier alpha value is -4.47. The number of fused-ring (bicyclic) bond motifs is 1. The van der Waals surface area contributed by atoms with E-state index >= 15 is 0 Å². The number of rotatable bonds is 5. The van der Waals surface area contributed by atoms with Crippen LogP contribution in [-0.2, 0) is 11.0 Å². The van der Waals surface area contributed by atoms with E-state index in [1.54, 1.807) is 30.5 Å². The number of ether oxygens (including phenoxy) is 1. The highest BCUT2D eigenvalue weighted by Gasteiger charge is 2.40. The smallest absolute Gasteiger partial charge is 0.417 e. The summed E-state index contributed by atoms with van der Waals surface area (Å²) in [7, 11) is 0. The van der Waals surface area contributed by atoms with Crippen molar-refractivity contribution in [3.63, 3.8) is 0 Å². The normalized spacial score (nSPS) is 14.2. The maximum absolute atomic E-state index is 13.2. The van der Waals surface area contributed by atoms with Crippen LogP contribution in [0.25, 0.3) is 10.9 Å². The number of amides is 3. The van der Waals surface area contributed by atoms with Crippen molar-refractivity contribution in [1.82, 2.24) is 9.97 Å². The molecular formula is C27H21F3N4O3. The quantitative estimate of drug-likeness (QED) is 0.288. The van der Waals surface area contributed by atoms with Crippen molar-refractivity contribution in [2.45, 2.75) is 25.9 Å². The Morgan fingerprint density at radius 2 is 1.73 bits per heavy atom. The second-order valence-electron chi connectivity index (χ2n) is 8.83. The van der Waals surface area contributed by atoms with Crippen LogP contribution in [0.15, 0.2) is 73.2 Å². The minimum atomic E-state index is -4.63. The van der Waals surface area contributed by atoms with Crippen molar-refractivity contribution in [3.8, 4) is 11.5 Å². The van der Waals surface area contributed by atoms with Crippen LogP contribution in [0.5, 0.6) is 11.5 Å². The van der Waals surface area contributed by atoms with Crippen molar-refractivity contribution < 1.29 is 27.5 Å². The third kappa shape index (κ3) is 4.57. The Morgan fingerprint density at radius 3 is 2.49 bits per heavy atom. The molecule has 0 unspecified atom stereocenters. The minimum Gasteiger partial charge on any atom is -0.456 e. The number of urea groups is 1. The van der Waals surface area contributed by atoms with E-state index in [0.717, 1.165) is 38.5 Å². The van der Waals surface area contributed by atoms with Gasteiger partial charge in [0.15, 0.2) is 0 Å². The first kappa shape index (κ1) is 24.2. The average Bonchev–Trinajstić information content (AvgIpc) is 3.17. The van der Waals surface area contributed by atoms with Gasteiger partial charge in [-0.3, -0.25) is 19.7 Å². The van der Waals surface area contributed by atoms with Crippen molar-refractivity contribution in [2.24, 2.45) is 0 Å². The fourth-order valence-corrected chi connectivity index (χ4v) is 4.18. The molecule has 188 valence electrons. The second kappa shape index (κ2) is 9.20. The number of aromatic nitrogens is 2. The number of pyridine rings is 2. The Balaban J connectivity index is 1.47. The van der Waals surface area contributed by atoms with Crippen molar-refractivity contribution in [3.05, 3.63) is 84.3 Å². The van der Waals surface area contributed by atoms with Crippen molar-refractivity contribution >= 4 is 34.2 Å². The number of benzene rings is 2. The van der Waals surface area contributed by atoms with Gasteiger partial charge in [0.05, 0.1) is 28.7 Å². The summed E-state index contributed by atoms with van der Waals surface area (Å²) < 4.78 is 45.6. The van der Waals surface area contributed by atoms with Gasteiger partial charge in [-0.05, 0) is 53.9 Å². The standard InChI is InChI=1S/C27H21F3N4O3/c1-16(2)21-12-18(7-8-23(21)37-24-9-10-32-22-6-4-3-5-20(22)24)34-25(35)15-33(26(34)36)19-11-17(13-31-14-19)27(28,29)30/h3-14,16H,15H2,1-2H3. The molecule has 3 heterocycles. The largest absolute Gasteiger partial charge is 0.456 e. The van der Waals surface area contributed by atoms with Gasteiger partial charge in [-0.1, -0.05) is 26.0 Å².